The lowest BCUT2D eigenvalue weighted by Crippen LogP contribution is -2.29. The van der Waals surface area contributed by atoms with Crippen LogP contribution < -0.4 is 5.32 Å². The fourth-order valence-corrected chi connectivity index (χ4v) is 3.23. The number of rotatable bonds is 6. The molecular formula is C21H21ClN2O3. The second kappa shape index (κ2) is 8.35. The second-order valence-corrected chi connectivity index (χ2v) is 6.99. The molecule has 1 N–H and O–H groups in total. The number of benzene rings is 2. The Hall–Kier alpha value is -2.66. The highest BCUT2D eigenvalue weighted by atomic mass is 35.5. The molecule has 0 aromatic heterocycles. The lowest BCUT2D eigenvalue weighted by Gasteiger charge is -2.18. The highest BCUT2D eigenvalue weighted by molar-refractivity contribution is 6.30. The Morgan fingerprint density at radius 1 is 1.04 bits per heavy atom. The van der Waals surface area contributed by atoms with Gasteiger partial charge in [-0.3, -0.25) is 19.3 Å². The molecule has 5 nitrogen and oxygen atoms in total. The number of nitrogens with zero attached hydrogens (tertiary/aromatic N) is 1. The predicted octanol–water partition coefficient (Wildman–Crippen LogP) is 3.87. The largest absolute Gasteiger partial charge is 0.345 e. The van der Waals surface area contributed by atoms with Gasteiger partial charge in [0.1, 0.15) is 0 Å². The van der Waals surface area contributed by atoms with Crippen LogP contribution in [0.25, 0.3) is 0 Å². The van der Waals surface area contributed by atoms with Gasteiger partial charge >= 0.3 is 0 Å². The summed E-state index contributed by atoms with van der Waals surface area (Å²) in [5.41, 5.74) is 2.35. The van der Waals surface area contributed by atoms with Gasteiger partial charge in [-0.1, -0.05) is 42.8 Å². The Morgan fingerprint density at radius 3 is 2.19 bits per heavy atom. The first-order chi connectivity index (χ1) is 13.0. The molecule has 27 heavy (non-hydrogen) atoms. The maximum absolute atomic E-state index is 12.6. The summed E-state index contributed by atoms with van der Waals surface area (Å²) in [5, 5.41) is 3.68. The van der Waals surface area contributed by atoms with Crippen molar-refractivity contribution in [1.82, 2.24) is 10.2 Å². The molecule has 1 fully saturated rings. The Kier molecular flexibility index (Phi) is 5.91. The summed E-state index contributed by atoms with van der Waals surface area (Å²) in [6.07, 6.45) is 1.31. The molecule has 0 bridgehead atoms. The van der Waals surface area contributed by atoms with Crippen molar-refractivity contribution in [2.75, 3.05) is 0 Å². The maximum atomic E-state index is 12.6. The smallest absolute Gasteiger partial charge is 0.251 e. The van der Waals surface area contributed by atoms with E-state index in [1.807, 2.05) is 19.1 Å². The molecule has 1 atom stereocenters. The van der Waals surface area contributed by atoms with E-state index in [4.69, 9.17) is 11.6 Å². The van der Waals surface area contributed by atoms with Crippen molar-refractivity contribution in [2.45, 2.75) is 38.8 Å². The van der Waals surface area contributed by atoms with Gasteiger partial charge in [0.2, 0.25) is 11.8 Å². The van der Waals surface area contributed by atoms with Gasteiger partial charge in [-0.15, -0.1) is 0 Å². The van der Waals surface area contributed by atoms with Crippen LogP contribution in [0.1, 0.15) is 53.7 Å². The molecule has 2 aromatic rings. The Balaban J connectivity index is 1.65. The molecule has 3 amide bonds. The Morgan fingerprint density at radius 2 is 1.63 bits per heavy atom. The third-order valence-corrected chi connectivity index (χ3v) is 4.95. The molecule has 0 radical (unpaired) electrons. The zero-order valence-electron chi connectivity index (χ0n) is 15.1. The summed E-state index contributed by atoms with van der Waals surface area (Å²) in [6, 6.07) is 14.3. The van der Waals surface area contributed by atoms with E-state index in [1.54, 1.807) is 36.4 Å². The fraction of sp³-hybridized carbons (Fsp3) is 0.286. The second-order valence-electron chi connectivity index (χ2n) is 6.56. The molecule has 0 spiro atoms. The minimum absolute atomic E-state index is 0.103. The molecule has 1 saturated heterocycles. The highest BCUT2D eigenvalue weighted by Crippen LogP contribution is 2.20. The van der Waals surface area contributed by atoms with Gasteiger partial charge in [0.15, 0.2) is 0 Å². The van der Waals surface area contributed by atoms with E-state index in [9.17, 15) is 14.4 Å². The standard InChI is InChI=1S/C21H21ClN2O3/c1-2-18(15-7-9-17(22)10-8-15)23-21(27)16-5-3-14(4-6-16)13-24-19(25)11-12-20(24)26/h3-10,18H,2,11-13H2,1H3,(H,23,27). The highest BCUT2D eigenvalue weighted by Gasteiger charge is 2.28. The van der Waals surface area contributed by atoms with Gasteiger partial charge < -0.3 is 5.32 Å². The van der Waals surface area contributed by atoms with E-state index in [0.717, 1.165) is 17.5 Å². The molecule has 140 valence electrons. The van der Waals surface area contributed by atoms with Crippen LogP contribution >= 0.6 is 11.6 Å². The van der Waals surface area contributed by atoms with Crippen LogP contribution in [-0.4, -0.2) is 22.6 Å². The van der Waals surface area contributed by atoms with E-state index in [2.05, 4.69) is 5.32 Å². The summed E-state index contributed by atoms with van der Waals surface area (Å²) < 4.78 is 0. The number of carbonyl (C=O) groups excluding carboxylic acids is 3. The van der Waals surface area contributed by atoms with Crippen molar-refractivity contribution < 1.29 is 14.4 Å². The van der Waals surface area contributed by atoms with Crippen molar-refractivity contribution >= 4 is 29.3 Å². The van der Waals surface area contributed by atoms with Crippen molar-refractivity contribution in [2.24, 2.45) is 0 Å². The molecule has 1 unspecified atom stereocenters. The van der Waals surface area contributed by atoms with Crippen LogP contribution in [0.4, 0.5) is 0 Å². The molecular weight excluding hydrogens is 364 g/mol. The molecule has 1 heterocycles. The quantitative estimate of drug-likeness (QED) is 0.769. The number of imide groups is 1. The van der Waals surface area contributed by atoms with Crippen molar-refractivity contribution in [3.63, 3.8) is 0 Å². The molecule has 0 saturated carbocycles. The minimum atomic E-state index is -0.170. The number of amides is 3. The van der Waals surface area contributed by atoms with Crippen LogP contribution in [-0.2, 0) is 16.1 Å². The number of likely N-dealkylation sites (tertiary alicyclic amines) is 1. The van der Waals surface area contributed by atoms with Crippen molar-refractivity contribution in [3.05, 3.63) is 70.2 Å². The number of hydrogen-bond acceptors (Lipinski definition) is 3. The van der Waals surface area contributed by atoms with Gasteiger partial charge in [0, 0.05) is 23.4 Å². The van der Waals surface area contributed by atoms with E-state index in [0.29, 0.717) is 10.6 Å². The fourth-order valence-electron chi connectivity index (χ4n) is 3.10. The van der Waals surface area contributed by atoms with E-state index in [-0.39, 0.29) is 43.1 Å². The monoisotopic (exact) mass is 384 g/mol. The first-order valence-electron chi connectivity index (χ1n) is 8.96. The van der Waals surface area contributed by atoms with Crippen molar-refractivity contribution in [1.29, 1.82) is 0 Å². The Labute approximate surface area is 163 Å². The summed E-state index contributed by atoms with van der Waals surface area (Å²) in [5.74, 6) is -0.456. The zero-order valence-corrected chi connectivity index (χ0v) is 15.8. The van der Waals surface area contributed by atoms with Gasteiger partial charge in [0.05, 0.1) is 12.6 Å². The summed E-state index contributed by atoms with van der Waals surface area (Å²) in [6.45, 7) is 2.26. The average Bonchev–Trinajstić information content (AvgIpc) is 2.99. The first kappa shape index (κ1) is 19.1. The molecule has 3 rings (SSSR count). The number of halogens is 1. The summed E-state index contributed by atoms with van der Waals surface area (Å²) in [4.78, 5) is 37.2. The van der Waals surface area contributed by atoms with E-state index >= 15 is 0 Å². The molecule has 2 aromatic carbocycles. The summed E-state index contributed by atoms with van der Waals surface area (Å²) >= 11 is 5.92. The van der Waals surface area contributed by atoms with E-state index < -0.39 is 0 Å². The molecule has 0 aliphatic carbocycles. The third-order valence-electron chi connectivity index (χ3n) is 4.70. The van der Waals surface area contributed by atoms with Crippen LogP contribution in [0.2, 0.25) is 5.02 Å². The van der Waals surface area contributed by atoms with Crippen molar-refractivity contribution in [3.8, 4) is 0 Å². The van der Waals surface area contributed by atoms with Gasteiger partial charge in [0.25, 0.3) is 5.91 Å². The lowest BCUT2D eigenvalue weighted by atomic mass is 10.0. The van der Waals surface area contributed by atoms with Crippen LogP contribution in [0.5, 0.6) is 0 Å². The van der Waals surface area contributed by atoms with E-state index in [1.165, 1.54) is 4.90 Å². The van der Waals surface area contributed by atoms with Crippen LogP contribution in [0, 0.1) is 0 Å². The first-order valence-corrected chi connectivity index (χ1v) is 9.34. The van der Waals surface area contributed by atoms with Gasteiger partial charge in [-0.05, 0) is 41.8 Å². The summed E-state index contributed by atoms with van der Waals surface area (Å²) in [7, 11) is 0. The average molecular weight is 385 g/mol. The third kappa shape index (κ3) is 4.55. The van der Waals surface area contributed by atoms with Crippen LogP contribution in [0.3, 0.4) is 0 Å². The number of carbonyl (C=O) groups is 3. The van der Waals surface area contributed by atoms with Gasteiger partial charge in [-0.25, -0.2) is 0 Å². The Bertz CT molecular complexity index is 831. The number of nitrogens with one attached hydrogen (secondary N) is 1. The number of hydrogen-bond donors (Lipinski definition) is 1. The molecule has 1 aliphatic rings. The minimum Gasteiger partial charge on any atom is -0.345 e. The normalized spacial score (nSPS) is 15.1. The predicted molar refractivity (Wildman–Crippen MR) is 103 cm³/mol. The molecule has 6 heteroatoms. The van der Waals surface area contributed by atoms with Gasteiger partial charge in [-0.2, -0.15) is 0 Å². The zero-order chi connectivity index (χ0) is 19.4. The SMILES string of the molecule is CCC(NC(=O)c1ccc(CN2C(=O)CCC2=O)cc1)c1ccc(Cl)cc1. The van der Waals surface area contributed by atoms with Crippen LogP contribution in [0.15, 0.2) is 48.5 Å². The lowest BCUT2D eigenvalue weighted by molar-refractivity contribution is -0.139. The molecule has 1 aliphatic heterocycles. The maximum Gasteiger partial charge on any atom is 0.251 e. The topological polar surface area (TPSA) is 66.5 Å².